The monoisotopic (exact) mass is 286 g/mol. The number of hydrogen-bond donors (Lipinski definition) is 1. The number of carbonyl (C=O) groups excluding carboxylic acids is 1. The summed E-state index contributed by atoms with van der Waals surface area (Å²) in [5.41, 5.74) is 8.56. The number of rotatable bonds is 4. The molecule has 114 valence electrons. The van der Waals surface area contributed by atoms with Gasteiger partial charge in [-0.15, -0.1) is 0 Å². The van der Waals surface area contributed by atoms with Crippen LogP contribution in [-0.2, 0) is 11.3 Å². The van der Waals surface area contributed by atoms with Crippen molar-refractivity contribution in [2.24, 2.45) is 11.7 Å². The molecule has 2 fully saturated rings. The molecule has 2 saturated carbocycles. The van der Waals surface area contributed by atoms with Gasteiger partial charge in [-0.3, -0.25) is 4.79 Å². The lowest BCUT2D eigenvalue weighted by molar-refractivity contribution is -0.138. The van der Waals surface area contributed by atoms with Gasteiger partial charge in [0, 0.05) is 24.5 Å². The molecular formula is C18H26N2O. The lowest BCUT2D eigenvalue weighted by Gasteiger charge is -2.31. The van der Waals surface area contributed by atoms with Gasteiger partial charge in [0.05, 0.1) is 0 Å². The lowest BCUT2D eigenvalue weighted by Crippen LogP contribution is -2.41. The smallest absolute Gasteiger partial charge is 0.226 e. The third-order valence-corrected chi connectivity index (χ3v) is 4.77. The number of amides is 1. The second-order valence-corrected chi connectivity index (χ2v) is 6.81. The van der Waals surface area contributed by atoms with Gasteiger partial charge in [0.15, 0.2) is 0 Å². The normalized spacial score (nSPS) is 25.6. The Morgan fingerprint density at radius 3 is 2.76 bits per heavy atom. The van der Waals surface area contributed by atoms with E-state index >= 15 is 0 Å². The fourth-order valence-corrected chi connectivity index (χ4v) is 3.47. The van der Waals surface area contributed by atoms with E-state index in [2.05, 4.69) is 36.1 Å². The third kappa shape index (κ3) is 3.65. The van der Waals surface area contributed by atoms with E-state index in [4.69, 9.17) is 5.73 Å². The van der Waals surface area contributed by atoms with E-state index in [9.17, 15) is 4.79 Å². The fourth-order valence-electron chi connectivity index (χ4n) is 3.47. The lowest BCUT2D eigenvalue weighted by atomic mass is 9.85. The van der Waals surface area contributed by atoms with Gasteiger partial charge in [-0.1, -0.05) is 36.2 Å². The van der Waals surface area contributed by atoms with E-state index in [-0.39, 0.29) is 12.0 Å². The van der Waals surface area contributed by atoms with Crippen LogP contribution < -0.4 is 5.73 Å². The van der Waals surface area contributed by atoms with Crippen molar-refractivity contribution in [1.29, 1.82) is 0 Å². The van der Waals surface area contributed by atoms with Crippen molar-refractivity contribution in [3.8, 4) is 0 Å². The Morgan fingerprint density at radius 1 is 1.29 bits per heavy atom. The van der Waals surface area contributed by atoms with Crippen molar-refractivity contribution in [2.75, 3.05) is 0 Å². The molecule has 2 N–H and O–H groups in total. The molecule has 0 radical (unpaired) electrons. The quantitative estimate of drug-likeness (QED) is 0.925. The molecule has 1 amide bonds. The number of aryl methyl sites for hydroxylation is 1. The minimum Gasteiger partial charge on any atom is -0.335 e. The maximum absolute atomic E-state index is 12.9. The molecule has 3 nitrogen and oxygen atoms in total. The molecular weight excluding hydrogens is 260 g/mol. The molecule has 0 heterocycles. The van der Waals surface area contributed by atoms with Crippen molar-refractivity contribution in [1.82, 2.24) is 4.90 Å². The van der Waals surface area contributed by atoms with Gasteiger partial charge >= 0.3 is 0 Å². The topological polar surface area (TPSA) is 46.3 Å². The molecule has 0 spiro atoms. The van der Waals surface area contributed by atoms with Gasteiger partial charge in [-0.25, -0.2) is 0 Å². The Balaban J connectivity index is 1.70. The molecule has 21 heavy (non-hydrogen) atoms. The molecule has 0 aromatic heterocycles. The number of nitrogens with zero attached hydrogens (tertiary/aromatic N) is 1. The van der Waals surface area contributed by atoms with Gasteiger partial charge in [0.25, 0.3) is 0 Å². The predicted molar refractivity (Wildman–Crippen MR) is 84.7 cm³/mol. The Morgan fingerprint density at radius 2 is 2.10 bits per heavy atom. The van der Waals surface area contributed by atoms with Crippen molar-refractivity contribution in [2.45, 2.75) is 64.1 Å². The minimum atomic E-state index is 0.152. The van der Waals surface area contributed by atoms with Crippen LogP contribution in [0.15, 0.2) is 24.3 Å². The minimum absolute atomic E-state index is 0.152. The Bertz CT molecular complexity index is 510. The summed E-state index contributed by atoms with van der Waals surface area (Å²) < 4.78 is 0. The molecule has 2 aliphatic carbocycles. The van der Waals surface area contributed by atoms with Crippen molar-refractivity contribution in [3.05, 3.63) is 35.4 Å². The van der Waals surface area contributed by atoms with Crippen LogP contribution >= 0.6 is 0 Å². The third-order valence-electron chi connectivity index (χ3n) is 4.77. The van der Waals surface area contributed by atoms with Crippen molar-refractivity contribution < 1.29 is 4.79 Å². The molecule has 0 aliphatic heterocycles. The molecule has 3 heteroatoms. The van der Waals surface area contributed by atoms with Gasteiger partial charge < -0.3 is 10.6 Å². The first-order valence-corrected chi connectivity index (χ1v) is 8.25. The summed E-state index contributed by atoms with van der Waals surface area (Å²) in [6.07, 6.45) is 6.39. The molecule has 1 aromatic rings. The van der Waals surface area contributed by atoms with Gasteiger partial charge in [-0.2, -0.15) is 0 Å². The second kappa shape index (κ2) is 6.18. The SMILES string of the molecule is Cc1cccc(CN(C(=O)C2CCCC(N)C2)C2CC2)c1. The van der Waals surface area contributed by atoms with Crippen molar-refractivity contribution in [3.63, 3.8) is 0 Å². The number of hydrogen-bond acceptors (Lipinski definition) is 2. The predicted octanol–water partition coefficient (Wildman–Crippen LogP) is 3.00. The summed E-state index contributed by atoms with van der Waals surface area (Å²) >= 11 is 0. The molecule has 0 saturated heterocycles. The van der Waals surface area contributed by atoms with Crippen LogP contribution in [0.4, 0.5) is 0 Å². The first kappa shape index (κ1) is 14.6. The summed E-state index contributed by atoms with van der Waals surface area (Å²) in [4.78, 5) is 15.0. The number of nitrogens with two attached hydrogens (primary N) is 1. The Hall–Kier alpha value is -1.35. The average Bonchev–Trinajstić information content (AvgIpc) is 3.29. The maximum atomic E-state index is 12.9. The van der Waals surface area contributed by atoms with Crippen LogP contribution in [0.25, 0.3) is 0 Å². The standard InChI is InChI=1S/C18H26N2O/c1-13-4-2-5-14(10-13)12-20(17-8-9-17)18(21)15-6-3-7-16(19)11-15/h2,4-5,10,15-17H,3,6-9,11-12,19H2,1H3. The highest BCUT2D eigenvalue weighted by atomic mass is 16.2. The largest absolute Gasteiger partial charge is 0.335 e. The van der Waals surface area contributed by atoms with Crippen LogP contribution in [0, 0.1) is 12.8 Å². The summed E-state index contributed by atoms with van der Waals surface area (Å²) in [6.45, 7) is 2.86. The van der Waals surface area contributed by atoms with E-state index in [0.29, 0.717) is 11.9 Å². The van der Waals surface area contributed by atoms with Crippen molar-refractivity contribution >= 4 is 5.91 Å². The maximum Gasteiger partial charge on any atom is 0.226 e. The Kier molecular flexibility index (Phi) is 4.29. The molecule has 2 aliphatic rings. The molecule has 0 bridgehead atoms. The summed E-state index contributed by atoms with van der Waals surface area (Å²) in [5, 5.41) is 0. The highest BCUT2D eigenvalue weighted by Gasteiger charge is 2.37. The van der Waals surface area contributed by atoms with Crippen LogP contribution in [-0.4, -0.2) is 22.9 Å². The highest BCUT2D eigenvalue weighted by Crippen LogP contribution is 2.33. The van der Waals surface area contributed by atoms with E-state index in [1.165, 1.54) is 11.1 Å². The van der Waals surface area contributed by atoms with Gasteiger partial charge in [0.1, 0.15) is 0 Å². The first-order valence-electron chi connectivity index (χ1n) is 8.25. The summed E-state index contributed by atoms with van der Waals surface area (Å²) in [5.74, 6) is 0.494. The van der Waals surface area contributed by atoms with Gasteiger partial charge in [-0.05, 0) is 44.6 Å². The zero-order valence-corrected chi connectivity index (χ0v) is 12.9. The fraction of sp³-hybridized carbons (Fsp3) is 0.611. The number of benzene rings is 1. The second-order valence-electron chi connectivity index (χ2n) is 6.81. The average molecular weight is 286 g/mol. The molecule has 2 unspecified atom stereocenters. The number of carbonyl (C=O) groups is 1. The summed E-state index contributed by atoms with van der Waals surface area (Å²) in [7, 11) is 0. The van der Waals surface area contributed by atoms with E-state index in [1.807, 2.05) is 0 Å². The van der Waals surface area contributed by atoms with Crippen LogP contribution in [0.5, 0.6) is 0 Å². The van der Waals surface area contributed by atoms with E-state index in [1.54, 1.807) is 0 Å². The van der Waals surface area contributed by atoms with Crippen LogP contribution in [0.1, 0.15) is 49.7 Å². The van der Waals surface area contributed by atoms with E-state index in [0.717, 1.165) is 45.1 Å². The first-order chi connectivity index (χ1) is 10.1. The Labute approximate surface area is 127 Å². The van der Waals surface area contributed by atoms with Crippen LogP contribution in [0.2, 0.25) is 0 Å². The van der Waals surface area contributed by atoms with E-state index < -0.39 is 0 Å². The molecule has 3 rings (SSSR count). The molecule has 1 aromatic carbocycles. The summed E-state index contributed by atoms with van der Waals surface area (Å²) in [6, 6.07) is 9.19. The zero-order valence-electron chi connectivity index (χ0n) is 12.9. The van der Waals surface area contributed by atoms with Gasteiger partial charge in [0.2, 0.25) is 5.91 Å². The highest BCUT2D eigenvalue weighted by molar-refractivity contribution is 5.79. The molecule has 2 atom stereocenters. The zero-order chi connectivity index (χ0) is 14.8. The van der Waals surface area contributed by atoms with Crippen LogP contribution in [0.3, 0.4) is 0 Å².